The maximum absolute atomic E-state index is 13.2. The maximum atomic E-state index is 13.2. The molecule has 8 nitrogen and oxygen atoms in total. The van der Waals surface area contributed by atoms with Crippen molar-refractivity contribution in [2.24, 2.45) is 0 Å². The van der Waals surface area contributed by atoms with E-state index in [0.29, 0.717) is 36.8 Å². The summed E-state index contributed by atoms with van der Waals surface area (Å²) in [5.74, 6) is 0.666. The van der Waals surface area contributed by atoms with E-state index in [0.717, 1.165) is 24.0 Å². The minimum absolute atomic E-state index is 0.0438. The van der Waals surface area contributed by atoms with Crippen molar-refractivity contribution in [2.45, 2.75) is 32.2 Å². The second kappa shape index (κ2) is 9.00. The van der Waals surface area contributed by atoms with E-state index in [1.807, 2.05) is 28.8 Å². The number of hydrogen-bond acceptors (Lipinski definition) is 6. The lowest BCUT2D eigenvalue weighted by molar-refractivity contribution is -0.111. The topological polar surface area (TPSA) is 92.5 Å². The number of aliphatic hydroxyl groups is 1. The average molecular weight is 434 g/mol. The molecule has 2 N–H and O–H groups in total. The van der Waals surface area contributed by atoms with E-state index < -0.39 is 5.91 Å². The predicted octanol–water partition coefficient (Wildman–Crippen LogP) is 3.61. The Morgan fingerprint density at radius 2 is 2.00 bits per heavy atom. The number of amides is 1. The summed E-state index contributed by atoms with van der Waals surface area (Å²) in [7, 11) is 0. The van der Waals surface area contributed by atoms with Gasteiger partial charge in [0.2, 0.25) is 0 Å². The third kappa shape index (κ3) is 4.05. The fourth-order valence-corrected chi connectivity index (χ4v) is 4.46. The van der Waals surface area contributed by atoms with Crippen molar-refractivity contribution >= 4 is 28.2 Å². The number of nitrogens with one attached hydrogen (secondary N) is 1. The summed E-state index contributed by atoms with van der Waals surface area (Å²) < 4.78 is 7.92. The lowest BCUT2D eigenvalue weighted by Gasteiger charge is -2.19. The summed E-state index contributed by atoms with van der Waals surface area (Å²) in [6.07, 6.45) is 7.06. The first-order chi connectivity index (χ1) is 15.7. The number of aromatic nitrogens is 3. The van der Waals surface area contributed by atoms with Crippen LogP contribution >= 0.6 is 0 Å². The van der Waals surface area contributed by atoms with Crippen molar-refractivity contribution in [3.63, 3.8) is 0 Å². The van der Waals surface area contributed by atoms with E-state index in [1.54, 1.807) is 18.5 Å². The molecule has 2 aliphatic heterocycles. The zero-order valence-corrected chi connectivity index (χ0v) is 18.0. The van der Waals surface area contributed by atoms with E-state index >= 15 is 0 Å². The van der Waals surface area contributed by atoms with Gasteiger partial charge in [0.05, 0.1) is 23.8 Å². The van der Waals surface area contributed by atoms with Gasteiger partial charge in [0.25, 0.3) is 5.91 Å². The summed E-state index contributed by atoms with van der Waals surface area (Å²) >= 11 is 0. The number of hydrogen-bond donors (Lipinski definition) is 2. The lowest BCUT2D eigenvalue weighted by Crippen LogP contribution is -2.23. The summed E-state index contributed by atoms with van der Waals surface area (Å²) in [6.45, 7) is 4.49. The van der Waals surface area contributed by atoms with Gasteiger partial charge in [-0.05, 0) is 44.5 Å². The number of carbonyl (C=O) groups excluding carboxylic acids is 1. The first-order valence-electron chi connectivity index (χ1n) is 11.2. The van der Waals surface area contributed by atoms with Gasteiger partial charge in [-0.15, -0.1) is 0 Å². The van der Waals surface area contributed by atoms with Crippen LogP contribution in [0.15, 0.2) is 48.5 Å². The molecular weight excluding hydrogens is 406 g/mol. The van der Waals surface area contributed by atoms with Gasteiger partial charge in [-0.2, -0.15) is 0 Å². The highest BCUT2D eigenvalue weighted by Crippen LogP contribution is 2.31. The van der Waals surface area contributed by atoms with E-state index in [-0.39, 0.29) is 11.3 Å². The van der Waals surface area contributed by atoms with Gasteiger partial charge in [0.1, 0.15) is 28.6 Å². The molecule has 0 bridgehead atoms. The minimum atomic E-state index is -0.423. The van der Waals surface area contributed by atoms with Crippen LogP contribution in [-0.2, 0) is 11.3 Å². The Hall–Kier alpha value is -3.39. The number of fused-ring (bicyclic) bond motifs is 3. The van der Waals surface area contributed by atoms with Crippen LogP contribution in [0.4, 0.5) is 5.69 Å². The Morgan fingerprint density at radius 3 is 2.88 bits per heavy atom. The summed E-state index contributed by atoms with van der Waals surface area (Å²) in [5, 5.41) is 13.4. The fraction of sp³-hybridized carbons (Fsp3) is 0.375. The van der Waals surface area contributed by atoms with Gasteiger partial charge < -0.3 is 24.6 Å². The first-order valence-corrected chi connectivity index (χ1v) is 11.2. The highest BCUT2D eigenvalue weighted by molar-refractivity contribution is 6.25. The Kier molecular flexibility index (Phi) is 5.77. The summed E-state index contributed by atoms with van der Waals surface area (Å²) in [5.41, 5.74) is 2.41. The number of benzene rings is 1. The molecule has 2 aliphatic rings. The number of para-hydroxylation sites is 2. The Morgan fingerprint density at radius 1 is 1.16 bits per heavy atom. The van der Waals surface area contributed by atoms with E-state index in [1.165, 1.54) is 25.9 Å². The molecule has 0 atom stereocenters. The van der Waals surface area contributed by atoms with Crippen molar-refractivity contribution < 1.29 is 14.6 Å². The molecule has 1 aromatic carbocycles. The minimum Gasteiger partial charge on any atom is -0.511 e. The molecule has 1 saturated heterocycles. The molecule has 0 saturated carbocycles. The Bertz CT molecular complexity index is 1160. The molecule has 0 unspecified atom stereocenters. The molecule has 2 aromatic heterocycles. The molecule has 3 aromatic rings. The molecule has 4 heterocycles. The third-order valence-corrected chi connectivity index (χ3v) is 6.07. The van der Waals surface area contributed by atoms with Gasteiger partial charge in [-0.1, -0.05) is 12.1 Å². The standard InChI is InChI=1S/C24H27N5O3/c30-20-9-14-29-19-7-2-1-6-17(19)26-23(29)22(20)24(31)27-18-16-25-10-8-21(18)32-15-5-13-28-11-3-4-12-28/h1-2,6-8,10,16,30H,3-5,9,11-15H2,(H,27,31). The number of ether oxygens (including phenoxy) is 1. The number of rotatable bonds is 7. The van der Waals surface area contributed by atoms with Crippen LogP contribution in [0.25, 0.3) is 16.6 Å². The molecule has 166 valence electrons. The van der Waals surface area contributed by atoms with Crippen LogP contribution in [0.1, 0.15) is 31.5 Å². The number of likely N-dealkylation sites (tertiary alicyclic amines) is 1. The molecule has 32 heavy (non-hydrogen) atoms. The van der Waals surface area contributed by atoms with Gasteiger partial charge in [0.15, 0.2) is 0 Å². The smallest absolute Gasteiger partial charge is 0.263 e. The molecule has 5 rings (SSSR count). The fourth-order valence-electron chi connectivity index (χ4n) is 4.46. The van der Waals surface area contributed by atoms with Crippen molar-refractivity contribution in [3.05, 3.63) is 54.3 Å². The highest BCUT2D eigenvalue weighted by atomic mass is 16.5. The van der Waals surface area contributed by atoms with Gasteiger partial charge >= 0.3 is 0 Å². The van der Waals surface area contributed by atoms with Gasteiger partial charge in [-0.25, -0.2) is 4.98 Å². The normalized spacial score (nSPS) is 16.4. The number of allylic oxidation sites excluding steroid dienone is 1. The van der Waals surface area contributed by atoms with E-state index in [9.17, 15) is 9.90 Å². The summed E-state index contributed by atoms with van der Waals surface area (Å²) in [6, 6.07) is 9.48. The largest absolute Gasteiger partial charge is 0.511 e. The monoisotopic (exact) mass is 433 g/mol. The van der Waals surface area contributed by atoms with Crippen LogP contribution in [0.5, 0.6) is 5.75 Å². The van der Waals surface area contributed by atoms with Crippen molar-refractivity contribution in [1.82, 2.24) is 19.4 Å². The molecule has 8 heteroatoms. The van der Waals surface area contributed by atoms with Crippen LogP contribution in [-0.4, -0.2) is 56.7 Å². The van der Waals surface area contributed by atoms with Crippen molar-refractivity contribution in [3.8, 4) is 5.75 Å². The zero-order valence-electron chi connectivity index (χ0n) is 18.0. The van der Waals surface area contributed by atoms with Crippen LogP contribution in [0, 0.1) is 0 Å². The SMILES string of the molecule is O=C(Nc1cnccc1OCCCN1CCCC1)C1=C(O)CCn2c1nc1ccccc12. The number of carbonyl (C=O) groups is 1. The highest BCUT2D eigenvalue weighted by Gasteiger charge is 2.28. The molecule has 0 spiro atoms. The lowest BCUT2D eigenvalue weighted by atomic mass is 10.1. The van der Waals surface area contributed by atoms with Crippen molar-refractivity contribution in [1.29, 1.82) is 0 Å². The van der Waals surface area contributed by atoms with Gasteiger partial charge in [0, 0.05) is 31.8 Å². The number of aryl methyl sites for hydroxylation is 1. The maximum Gasteiger partial charge on any atom is 0.263 e. The Labute approximate surface area is 186 Å². The molecule has 0 aliphatic carbocycles. The number of anilines is 1. The second-order valence-corrected chi connectivity index (χ2v) is 8.22. The van der Waals surface area contributed by atoms with Crippen LogP contribution < -0.4 is 10.1 Å². The number of aliphatic hydroxyl groups excluding tert-OH is 1. The third-order valence-electron chi connectivity index (χ3n) is 6.07. The van der Waals surface area contributed by atoms with Crippen molar-refractivity contribution in [2.75, 3.05) is 31.6 Å². The first kappa shape index (κ1) is 20.5. The van der Waals surface area contributed by atoms with E-state index in [4.69, 9.17) is 4.74 Å². The molecular formula is C24H27N5O3. The zero-order chi connectivity index (χ0) is 21.9. The summed E-state index contributed by atoms with van der Waals surface area (Å²) in [4.78, 5) is 24.4. The molecule has 0 radical (unpaired) electrons. The number of imidazole rings is 1. The Balaban J connectivity index is 1.31. The number of nitrogens with zero attached hydrogens (tertiary/aromatic N) is 4. The molecule has 1 amide bonds. The van der Waals surface area contributed by atoms with E-state index in [2.05, 4.69) is 20.2 Å². The van der Waals surface area contributed by atoms with Crippen LogP contribution in [0.3, 0.4) is 0 Å². The quantitative estimate of drug-likeness (QED) is 0.553. The van der Waals surface area contributed by atoms with Gasteiger partial charge in [-0.3, -0.25) is 9.78 Å². The predicted molar refractivity (Wildman–Crippen MR) is 123 cm³/mol. The number of pyridine rings is 1. The second-order valence-electron chi connectivity index (χ2n) is 8.22. The van der Waals surface area contributed by atoms with Crippen LogP contribution in [0.2, 0.25) is 0 Å². The molecule has 1 fully saturated rings. The average Bonchev–Trinajstić information content (AvgIpc) is 3.45.